The molecule has 2 heterocycles. The molecule has 130 valence electrons. The molecule has 2 aromatic heterocycles. The molecule has 0 saturated heterocycles. The minimum absolute atomic E-state index is 0.0475. The SMILES string of the molecule is COc1cc2c(=O)c3c4ccc(C#N)cc4[nH]c3n(C(C)C)c2cc1Br. The molecule has 1 N–H and O–H groups in total. The van der Waals surface area contributed by atoms with Crippen molar-refractivity contribution in [3.05, 3.63) is 50.6 Å². The quantitative estimate of drug-likeness (QED) is 0.513. The highest BCUT2D eigenvalue weighted by Crippen LogP contribution is 2.34. The summed E-state index contributed by atoms with van der Waals surface area (Å²) in [7, 11) is 1.58. The predicted octanol–water partition coefficient (Wildman–Crippen LogP) is 4.86. The summed E-state index contributed by atoms with van der Waals surface area (Å²) in [5.41, 5.74) is 2.89. The van der Waals surface area contributed by atoms with Crippen LogP contribution in [-0.2, 0) is 0 Å². The standard InChI is InChI=1S/C20H16BrN3O2/c1-10(2)24-16-8-14(21)17(26-3)7-13(16)19(25)18-12-5-4-11(9-22)6-15(12)23-20(18)24/h4-8,10,23H,1-3H3. The zero-order chi connectivity index (χ0) is 18.6. The zero-order valence-corrected chi connectivity index (χ0v) is 16.1. The van der Waals surface area contributed by atoms with Crippen LogP contribution in [0.4, 0.5) is 0 Å². The Morgan fingerprint density at radius 1 is 1.23 bits per heavy atom. The van der Waals surface area contributed by atoms with Crippen LogP contribution in [0.25, 0.3) is 32.8 Å². The summed E-state index contributed by atoms with van der Waals surface area (Å²) in [5.74, 6) is 0.621. The second-order valence-electron chi connectivity index (χ2n) is 6.52. The van der Waals surface area contributed by atoms with Gasteiger partial charge in [-0.15, -0.1) is 0 Å². The average molecular weight is 410 g/mol. The summed E-state index contributed by atoms with van der Waals surface area (Å²) >= 11 is 3.52. The maximum Gasteiger partial charge on any atom is 0.199 e. The maximum absolute atomic E-state index is 13.3. The van der Waals surface area contributed by atoms with Crippen molar-refractivity contribution in [2.75, 3.05) is 7.11 Å². The normalized spacial score (nSPS) is 11.5. The third-order valence-corrected chi connectivity index (χ3v) is 5.29. The van der Waals surface area contributed by atoms with Crippen LogP contribution in [0.1, 0.15) is 25.5 Å². The van der Waals surface area contributed by atoms with Crippen LogP contribution in [0.3, 0.4) is 0 Å². The topological polar surface area (TPSA) is 70.8 Å². The van der Waals surface area contributed by atoms with E-state index in [2.05, 4.69) is 45.4 Å². The van der Waals surface area contributed by atoms with Gasteiger partial charge >= 0.3 is 0 Å². The molecular formula is C20H16BrN3O2. The van der Waals surface area contributed by atoms with Crippen LogP contribution in [0.15, 0.2) is 39.6 Å². The van der Waals surface area contributed by atoms with E-state index in [1.54, 1.807) is 25.3 Å². The van der Waals surface area contributed by atoms with Gasteiger partial charge in [0, 0.05) is 16.9 Å². The lowest BCUT2D eigenvalue weighted by Crippen LogP contribution is -2.13. The summed E-state index contributed by atoms with van der Waals surface area (Å²) in [6.07, 6.45) is 0. The Morgan fingerprint density at radius 3 is 2.65 bits per heavy atom. The van der Waals surface area contributed by atoms with Crippen LogP contribution >= 0.6 is 15.9 Å². The highest BCUT2D eigenvalue weighted by atomic mass is 79.9. The van der Waals surface area contributed by atoms with E-state index in [1.807, 2.05) is 12.1 Å². The molecule has 26 heavy (non-hydrogen) atoms. The van der Waals surface area contributed by atoms with Gasteiger partial charge in [-0.2, -0.15) is 5.26 Å². The fourth-order valence-corrected chi connectivity index (χ4v) is 4.03. The molecule has 0 saturated carbocycles. The van der Waals surface area contributed by atoms with Gasteiger partial charge in [-0.05, 0) is 54.0 Å². The van der Waals surface area contributed by atoms with Crippen molar-refractivity contribution in [3.63, 3.8) is 0 Å². The molecular weight excluding hydrogens is 394 g/mol. The van der Waals surface area contributed by atoms with Gasteiger partial charge in [0.2, 0.25) is 0 Å². The van der Waals surface area contributed by atoms with Gasteiger partial charge in [0.05, 0.1) is 39.5 Å². The summed E-state index contributed by atoms with van der Waals surface area (Å²) in [6.45, 7) is 4.15. The maximum atomic E-state index is 13.3. The van der Waals surface area contributed by atoms with Crippen LogP contribution in [0.2, 0.25) is 0 Å². The van der Waals surface area contributed by atoms with Crippen molar-refractivity contribution in [2.45, 2.75) is 19.9 Å². The van der Waals surface area contributed by atoms with Crippen molar-refractivity contribution in [3.8, 4) is 11.8 Å². The Kier molecular flexibility index (Phi) is 3.78. The number of nitrogens with zero attached hydrogens (tertiary/aromatic N) is 2. The van der Waals surface area contributed by atoms with Crippen molar-refractivity contribution >= 4 is 48.8 Å². The highest BCUT2D eigenvalue weighted by molar-refractivity contribution is 9.10. The number of pyridine rings is 1. The lowest BCUT2D eigenvalue weighted by molar-refractivity contribution is 0.412. The van der Waals surface area contributed by atoms with Crippen LogP contribution in [0.5, 0.6) is 5.75 Å². The first-order valence-electron chi connectivity index (χ1n) is 8.23. The number of H-pyrrole nitrogens is 1. The van der Waals surface area contributed by atoms with E-state index in [0.717, 1.165) is 26.5 Å². The Hall–Kier alpha value is -2.78. The smallest absolute Gasteiger partial charge is 0.199 e. The molecule has 0 radical (unpaired) electrons. The van der Waals surface area contributed by atoms with Gasteiger partial charge in [-0.3, -0.25) is 4.79 Å². The largest absolute Gasteiger partial charge is 0.496 e. The number of fused-ring (bicyclic) bond motifs is 4. The average Bonchev–Trinajstić information content (AvgIpc) is 2.99. The molecule has 0 amide bonds. The second-order valence-corrected chi connectivity index (χ2v) is 7.37. The lowest BCUT2D eigenvalue weighted by Gasteiger charge is -2.17. The fourth-order valence-electron chi connectivity index (χ4n) is 3.54. The molecule has 0 fully saturated rings. The molecule has 0 bridgehead atoms. The van der Waals surface area contributed by atoms with Gasteiger partial charge in [-0.25, -0.2) is 0 Å². The van der Waals surface area contributed by atoms with E-state index in [9.17, 15) is 4.79 Å². The van der Waals surface area contributed by atoms with Gasteiger partial charge in [0.25, 0.3) is 0 Å². The Bertz CT molecular complexity index is 1290. The minimum Gasteiger partial charge on any atom is -0.496 e. The highest BCUT2D eigenvalue weighted by Gasteiger charge is 2.19. The first kappa shape index (κ1) is 16.7. The van der Waals surface area contributed by atoms with E-state index in [1.165, 1.54) is 0 Å². The van der Waals surface area contributed by atoms with E-state index in [0.29, 0.717) is 22.1 Å². The van der Waals surface area contributed by atoms with Gasteiger partial charge in [-0.1, -0.05) is 6.07 Å². The minimum atomic E-state index is -0.0475. The molecule has 0 aliphatic rings. The van der Waals surface area contributed by atoms with E-state index < -0.39 is 0 Å². The molecule has 0 atom stereocenters. The first-order valence-corrected chi connectivity index (χ1v) is 9.02. The van der Waals surface area contributed by atoms with E-state index in [-0.39, 0.29) is 11.5 Å². The molecule has 4 aromatic rings. The van der Waals surface area contributed by atoms with E-state index in [4.69, 9.17) is 10.00 Å². The number of nitrogens with one attached hydrogen (secondary N) is 1. The number of hydrogen-bond acceptors (Lipinski definition) is 3. The van der Waals surface area contributed by atoms with Crippen LogP contribution < -0.4 is 10.2 Å². The number of halogens is 1. The summed E-state index contributed by atoms with van der Waals surface area (Å²) in [5, 5.41) is 11.2. The molecule has 0 unspecified atom stereocenters. The number of nitriles is 1. The molecule has 0 spiro atoms. The third-order valence-electron chi connectivity index (χ3n) is 4.67. The first-order chi connectivity index (χ1) is 12.5. The van der Waals surface area contributed by atoms with Crippen LogP contribution in [-0.4, -0.2) is 16.7 Å². The number of aromatic amines is 1. The predicted molar refractivity (Wildman–Crippen MR) is 107 cm³/mol. The monoisotopic (exact) mass is 409 g/mol. The number of ether oxygens (including phenoxy) is 1. The van der Waals surface area contributed by atoms with Crippen molar-refractivity contribution in [2.24, 2.45) is 0 Å². The number of hydrogen-bond donors (Lipinski definition) is 1. The Balaban J connectivity index is 2.30. The van der Waals surface area contributed by atoms with Gasteiger partial charge in [0.1, 0.15) is 11.4 Å². The summed E-state index contributed by atoms with van der Waals surface area (Å²) in [6, 6.07) is 11.3. The zero-order valence-electron chi connectivity index (χ0n) is 14.6. The second kappa shape index (κ2) is 5.89. The van der Waals surface area contributed by atoms with Crippen molar-refractivity contribution in [1.82, 2.24) is 9.55 Å². The molecule has 0 aliphatic carbocycles. The molecule has 0 aliphatic heterocycles. The van der Waals surface area contributed by atoms with Crippen molar-refractivity contribution in [1.29, 1.82) is 5.26 Å². The Morgan fingerprint density at radius 2 is 2.00 bits per heavy atom. The van der Waals surface area contributed by atoms with Crippen molar-refractivity contribution < 1.29 is 4.74 Å². The number of rotatable bonds is 2. The summed E-state index contributed by atoms with van der Waals surface area (Å²) < 4.78 is 8.29. The molecule has 4 rings (SSSR count). The molecule has 5 nitrogen and oxygen atoms in total. The summed E-state index contributed by atoms with van der Waals surface area (Å²) in [4.78, 5) is 16.7. The lowest BCUT2D eigenvalue weighted by atomic mass is 10.1. The number of aromatic nitrogens is 2. The van der Waals surface area contributed by atoms with Crippen LogP contribution in [0, 0.1) is 11.3 Å². The van der Waals surface area contributed by atoms with Gasteiger partial charge < -0.3 is 14.3 Å². The molecule has 2 aromatic carbocycles. The van der Waals surface area contributed by atoms with E-state index >= 15 is 0 Å². The number of methoxy groups -OCH3 is 1. The van der Waals surface area contributed by atoms with Gasteiger partial charge in [0.15, 0.2) is 5.43 Å². The third kappa shape index (κ3) is 2.24. The molecule has 6 heteroatoms. The number of benzene rings is 2. The Labute approximate surface area is 157 Å². The fraction of sp³-hybridized carbons (Fsp3) is 0.200.